The van der Waals surface area contributed by atoms with Crippen molar-refractivity contribution in [1.82, 2.24) is 0 Å². The van der Waals surface area contributed by atoms with Crippen molar-refractivity contribution in [3.8, 4) is 5.75 Å². The van der Waals surface area contributed by atoms with Crippen LogP contribution in [0.1, 0.15) is 44.6 Å². The average molecular weight is 334 g/mol. The average Bonchev–Trinajstić information content (AvgIpc) is 3.08. The highest BCUT2D eigenvalue weighted by atomic mass is 17.2. The first-order valence-electron chi connectivity index (χ1n) is 8.71. The monoisotopic (exact) mass is 334 g/mol. The molecule has 1 aliphatic heterocycles. The van der Waals surface area contributed by atoms with Gasteiger partial charge in [0.05, 0.1) is 13.2 Å². The van der Waals surface area contributed by atoms with Crippen molar-refractivity contribution in [2.45, 2.75) is 57.0 Å². The van der Waals surface area contributed by atoms with E-state index in [0.717, 1.165) is 49.0 Å². The van der Waals surface area contributed by atoms with Crippen LogP contribution < -0.4 is 4.74 Å². The lowest BCUT2D eigenvalue weighted by atomic mass is 10.0. The van der Waals surface area contributed by atoms with Gasteiger partial charge in [-0.1, -0.05) is 25.6 Å². The Labute approximate surface area is 143 Å². The number of ether oxygens (including phenoxy) is 2. The summed E-state index contributed by atoms with van der Waals surface area (Å²) in [6.07, 6.45) is 4.29. The Morgan fingerprint density at radius 3 is 2.58 bits per heavy atom. The van der Waals surface area contributed by atoms with Gasteiger partial charge in [-0.2, -0.15) is 0 Å². The van der Waals surface area contributed by atoms with E-state index in [9.17, 15) is 5.11 Å². The predicted octanol–water partition coefficient (Wildman–Crippen LogP) is 3.47. The molecule has 0 amide bonds. The zero-order chi connectivity index (χ0) is 17.0. The molecular formula is C19H26O5. The number of aliphatic hydroxyl groups is 1. The van der Waals surface area contributed by atoms with E-state index in [1.165, 1.54) is 0 Å². The maximum Gasteiger partial charge on any atom is 0.201 e. The zero-order valence-electron chi connectivity index (χ0n) is 14.2. The smallest absolute Gasteiger partial charge is 0.201 e. The third-order valence-corrected chi connectivity index (χ3v) is 4.75. The van der Waals surface area contributed by atoms with Crippen LogP contribution in [0.25, 0.3) is 5.57 Å². The van der Waals surface area contributed by atoms with Gasteiger partial charge in [0.15, 0.2) is 0 Å². The number of hydrogen-bond acceptors (Lipinski definition) is 5. The SMILES string of the molecule is C=C(c1ccc(OC(CC)CO)cc1)C1COC2(CCCC2)OO1. The van der Waals surface area contributed by atoms with Gasteiger partial charge in [0.1, 0.15) is 18.0 Å². The van der Waals surface area contributed by atoms with Crippen LogP contribution in [0.15, 0.2) is 30.8 Å². The highest BCUT2D eigenvalue weighted by Crippen LogP contribution is 2.39. The summed E-state index contributed by atoms with van der Waals surface area (Å²) in [5.74, 6) is 0.197. The molecule has 5 heteroatoms. The molecule has 1 saturated carbocycles. The molecule has 1 aliphatic carbocycles. The highest BCUT2D eigenvalue weighted by molar-refractivity contribution is 5.67. The molecular weight excluding hydrogens is 308 g/mol. The van der Waals surface area contributed by atoms with Crippen LogP contribution in [0, 0.1) is 0 Å². The Bertz CT molecular complexity index is 533. The Morgan fingerprint density at radius 2 is 2.04 bits per heavy atom. The summed E-state index contributed by atoms with van der Waals surface area (Å²) in [6, 6.07) is 7.62. The van der Waals surface area contributed by atoms with Gasteiger partial charge in [-0.25, -0.2) is 9.78 Å². The summed E-state index contributed by atoms with van der Waals surface area (Å²) in [5.41, 5.74) is 1.78. The van der Waals surface area contributed by atoms with Gasteiger partial charge in [0.25, 0.3) is 0 Å². The molecule has 1 aromatic rings. The molecule has 2 aliphatic rings. The van der Waals surface area contributed by atoms with Gasteiger partial charge in [-0.05, 0) is 42.5 Å². The van der Waals surface area contributed by atoms with Crippen LogP contribution in [-0.4, -0.2) is 36.3 Å². The second-order valence-electron chi connectivity index (χ2n) is 6.48. The van der Waals surface area contributed by atoms with Crippen molar-refractivity contribution in [2.24, 2.45) is 0 Å². The molecule has 1 N–H and O–H groups in total. The molecule has 0 aromatic heterocycles. The van der Waals surface area contributed by atoms with Crippen LogP contribution in [-0.2, 0) is 14.5 Å². The predicted molar refractivity (Wildman–Crippen MR) is 90.4 cm³/mol. The van der Waals surface area contributed by atoms with Crippen LogP contribution in [0.5, 0.6) is 5.75 Å². The van der Waals surface area contributed by atoms with Crippen molar-refractivity contribution in [3.63, 3.8) is 0 Å². The fourth-order valence-corrected chi connectivity index (χ4v) is 3.10. The third-order valence-electron chi connectivity index (χ3n) is 4.75. The van der Waals surface area contributed by atoms with E-state index >= 15 is 0 Å². The zero-order valence-corrected chi connectivity index (χ0v) is 14.2. The Hall–Kier alpha value is -1.40. The molecule has 1 heterocycles. The van der Waals surface area contributed by atoms with Gasteiger partial charge >= 0.3 is 0 Å². The molecule has 2 atom stereocenters. The molecule has 3 rings (SSSR count). The second kappa shape index (κ2) is 7.66. The first-order chi connectivity index (χ1) is 11.7. The van der Waals surface area contributed by atoms with Crippen LogP contribution in [0.4, 0.5) is 0 Å². The first-order valence-corrected chi connectivity index (χ1v) is 8.71. The van der Waals surface area contributed by atoms with E-state index < -0.39 is 5.79 Å². The van der Waals surface area contributed by atoms with Crippen molar-refractivity contribution >= 4 is 5.57 Å². The topological polar surface area (TPSA) is 57.2 Å². The standard InChI is InChI=1S/C19H26O5/c1-3-16(12-20)22-17-8-6-15(7-9-17)14(2)18-13-21-19(24-23-18)10-4-5-11-19/h6-9,16,18,20H,2-5,10-13H2,1H3. The lowest BCUT2D eigenvalue weighted by Crippen LogP contribution is -2.43. The van der Waals surface area contributed by atoms with Gasteiger partial charge < -0.3 is 14.6 Å². The van der Waals surface area contributed by atoms with Crippen molar-refractivity contribution < 1.29 is 24.4 Å². The van der Waals surface area contributed by atoms with E-state index in [4.69, 9.17) is 19.2 Å². The lowest BCUT2D eigenvalue weighted by molar-refractivity contribution is -0.475. The van der Waals surface area contributed by atoms with E-state index in [1.54, 1.807) is 0 Å². The summed E-state index contributed by atoms with van der Waals surface area (Å²) in [4.78, 5) is 11.1. The molecule has 1 saturated heterocycles. The summed E-state index contributed by atoms with van der Waals surface area (Å²) in [7, 11) is 0. The number of hydrogen-bond donors (Lipinski definition) is 1. The summed E-state index contributed by atoms with van der Waals surface area (Å²) < 4.78 is 11.6. The molecule has 0 bridgehead atoms. The molecule has 132 valence electrons. The molecule has 1 spiro atoms. The van der Waals surface area contributed by atoms with E-state index in [-0.39, 0.29) is 18.8 Å². The largest absolute Gasteiger partial charge is 0.488 e. The van der Waals surface area contributed by atoms with Gasteiger partial charge in [-0.15, -0.1) is 0 Å². The molecule has 5 nitrogen and oxygen atoms in total. The second-order valence-corrected chi connectivity index (χ2v) is 6.48. The van der Waals surface area contributed by atoms with Crippen LogP contribution in [0.2, 0.25) is 0 Å². The van der Waals surface area contributed by atoms with Crippen LogP contribution >= 0.6 is 0 Å². The quantitative estimate of drug-likeness (QED) is 0.807. The molecule has 0 radical (unpaired) electrons. The number of benzene rings is 1. The normalized spacial score (nSPS) is 24.0. The Morgan fingerprint density at radius 1 is 1.33 bits per heavy atom. The fraction of sp³-hybridized carbons (Fsp3) is 0.579. The van der Waals surface area contributed by atoms with E-state index in [1.807, 2.05) is 31.2 Å². The fourth-order valence-electron chi connectivity index (χ4n) is 3.10. The van der Waals surface area contributed by atoms with Crippen molar-refractivity contribution in [1.29, 1.82) is 0 Å². The van der Waals surface area contributed by atoms with Gasteiger partial charge in [0, 0.05) is 12.8 Å². The van der Waals surface area contributed by atoms with Gasteiger partial charge in [-0.3, -0.25) is 0 Å². The summed E-state index contributed by atoms with van der Waals surface area (Å²) in [5, 5.41) is 9.20. The minimum absolute atomic E-state index is 0.0112. The Kier molecular flexibility index (Phi) is 5.56. The lowest BCUT2D eigenvalue weighted by Gasteiger charge is -2.36. The van der Waals surface area contributed by atoms with E-state index in [0.29, 0.717) is 6.61 Å². The first kappa shape index (κ1) is 17.4. The summed E-state index contributed by atoms with van der Waals surface area (Å²) in [6.45, 7) is 6.57. The minimum atomic E-state index is -0.534. The van der Waals surface area contributed by atoms with E-state index in [2.05, 4.69) is 6.58 Å². The van der Waals surface area contributed by atoms with Crippen molar-refractivity contribution in [2.75, 3.05) is 13.2 Å². The molecule has 1 aromatic carbocycles. The Balaban J connectivity index is 1.57. The maximum absolute atomic E-state index is 9.20. The number of rotatable bonds is 6. The third kappa shape index (κ3) is 3.81. The van der Waals surface area contributed by atoms with Crippen molar-refractivity contribution in [3.05, 3.63) is 36.4 Å². The van der Waals surface area contributed by atoms with Gasteiger partial charge in [0.2, 0.25) is 5.79 Å². The number of aliphatic hydroxyl groups excluding tert-OH is 1. The van der Waals surface area contributed by atoms with Crippen LogP contribution in [0.3, 0.4) is 0 Å². The summed E-state index contributed by atoms with van der Waals surface area (Å²) >= 11 is 0. The minimum Gasteiger partial charge on any atom is -0.488 e. The highest BCUT2D eigenvalue weighted by Gasteiger charge is 2.42. The molecule has 2 unspecified atom stereocenters. The molecule has 24 heavy (non-hydrogen) atoms. The molecule has 2 fully saturated rings. The maximum atomic E-state index is 9.20.